The first-order valence-corrected chi connectivity index (χ1v) is 5.75. The number of hydrogen-bond donors (Lipinski definition) is 2. The van der Waals surface area contributed by atoms with Gasteiger partial charge in [-0.2, -0.15) is 0 Å². The lowest BCUT2D eigenvalue weighted by atomic mass is 10.3. The Labute approximate surface area is 107 Å². The first-order chi connectivity index (χ1) is 8.71. The van der Waals surface area contributed by atoms with Gasteiger partial charge in [0.2, 0.25) is 0 Å². The maximum Gasteiger partial charge on any atom is 0.269 e. The van der Waals surface area contributed by atoms with E-state index in [0.717, 1.165) is 5.69 Å². The van der Waals surface area contributed by atoms with Gasteiger partial charge in [0.05, 0.1) is 6.54 Å². The van der Waals surface area contributed by atoms with Crippen molar-refractivity contribution in [2.24, 2.45) is 0 Å². The van der Waals surface area contributed by atoms with Crippen molar-refractivity contribution in [3.05, 3.63) is 24.0 Å². The van der Waals surface area contributed by atoms with Gasteiger partial charge in [0.15, 0.2) is 6.29 Å². The van der Waals surface area contributed by atoms with E-state index < -0.39 is 0 Å². The molecule has 0 fully saturated rings. The molecule has 0 unspecified atom stereocenters. The van der Waals surface area contributed by atoms with Gasteiger partial charge in [-0.15, -0.1) is 0 Å². The molecule has 0 aliphatic heterocycles. The van der Waals surface area contributed by atoms with E-state index in [1.54, 1.807) is 32.5 Å². The molecule has 1 aromatic rings. The minimum Gasteiger partial charge on any atom is -0.380 e. The summed E-state index contributed by atoms with van der Waals surface area (Å²) in [6.07, 6.45) is 1.26. The smallest absolute Gasteiger partial charge is 0.269 e. The maximum absolute atomic E-state index is 11.6. The molecule has 0 spiro atoms. The Balaban J connectivity index is 2.62. The van der Waals surface area contributed by atoms with Gasteiger partial charge in [0.25, 0.3) is 5.91 Å². The molecule has 2 N–H and O–H groups in total. The number of aromatic nitrogens is 1. The third-order valence-corrected chi connectivity index (χ3v) is 2.33. The molecule has 1 rings (SSSR count). The van der Waals surface area contributed by atoms with E-state index in [1.165, 1.54) is 0 Å². The number of methoxy groups -OCH3 is 2. The van der Waals surface area contributed by atoms with Crippen LogP contribution < -0.4 is 10.6 Å². The summed E-state index contributed by atoms with van der Waals surface area (Å²) < 4.78 is 10.1. The van der Waals surface area contributed by atoms with Gasteiger partial charge in [-0.05, 0) is 19.1 Å². The molecule has 1 heterocycles. The molecule has 0 radical (unpaired) electrons. The van der Waals surface area contributed by atoms with Crippen molar-refractivity contribution in [1.29, 1.82) is 0 Å². The summed E-state index contributed by atoms with van der Waals surface area (Å²) in [4.78, 5) is 15.6. The standard InChI is InChI=1S/C12H19N3O3/c1-4-13-12(16)10-7-9(5-6-14-10)15-8-11(17-2)18-3/h5-7,11H,4,8H2,1-3H3,(H,13,16)(H,14,15). The molecule has 0 aliphatic carbocycles. The number of pyridine rings is 1. The molecular formula is C12H19N3O3. The van der Waals surface area contributed by atoms with Crippen molar-refractivity contribution in [3.8, 4) is 0 Å². The van der Waals surface area contributed by atoms with E-state index in [2.05, 4.69) is 15.6 Å². The Hall–Kier alpha value is -1.66. The fourth-order valence-corrected chi connectivity index (χ4v) is 1.38. The van der Waals surface area contributed by atoms with Crippen LogP contribution in [-0.4, -0.2) is 44.5 Å². The minimum absolute atomic E-state index is 0.184. The second kappa shape index (κ2) is 7.62. The quantitative estimate of drug-likeness (QED) is 0.705. The Morgan fingerprint density at radius 3 is 2.78 bits per heavy atom. The first-order valence-electron chi connectivity index (χ1n) is 5.75. The second-order valence-electron chi connectivity index (χ2n) is 3.57. The molecular weight excluding hydrogens is 234 g/mol. The Morgan fingerprint density at radius 2 is 2.17 bits per heavy atom. The Morgan fingerprint density at radius 1 is 1.44 bits per heavy atom. The number of hydrogen-bond acceptors (Lipinski definition) is 5. The van der Waals surface area contributed by atoms with Crippen LogP contribution in [0.1, 0.15) is 17.4 Å². The van der Waals surface area contributed by atoms with Crippen molar-refractivity contribution in [2.75, 3.05) is 32.6 Å². The fraction of sp³-hybridized carbons (Fsp3) is 0.500. The summed E-state index contributed by atoms with van der Waals surface area (Å²) in [7, 11) is 3.14. The molecule has 0 aromatic carbocycles. The van der Waals surface area contributed by atoms with Crippen LogP contribution >= 0.6 is 0 Å². The van der Waals surface area contributed by atoms with Crippen LogP contribution in [0.15, 0.2) is 18.3 Å². The SMILES string of the molecule is CCNC(=O)c1cc(NCC(OC)OC)ccn1. The lowest BCUT2D eigenvalue weighted by Gasteiger charge is -2.15. The molecule has 0 saturated heterocycles. The summed E-state index contributed by atoms with van der Waals surface area (Å²) in [5.74, 6) is -0.184. The fourth-order valence-electron chi connectivity index (χ4n) is 1.38. The van der Waals surface area contributed by atoms with E-state index in [9.17, 15) is 4.79 Å². The molecule has 0 bridgehead atoms. The average Bonchev–Trinajstić information content (AvgIpc) is 2.40. The number of nitrogens with one attached hydrogen (secondary N) is 2. The molecule has 18 heavy (non-hydrogen) atoms. The van der Waals surface area contributed by atoms with Gasteiger partial charge >= 0.3 is 0 Å². The van der Waals surface area contributed by atoms with Gasteiger partial charge < -0.3 is 20.1 Å². The topological polar surface area (TPSA) is 72.5 Å². The number of nitrogens with zero attached hydrogens (tertiary/aromatic N) is 1. The largest absolute Gasteiger partial charge is 0.380 e. The zero-order valence-corrected chi connectivity index (χ0v) is 10.9. The van der Waals surface area contributed by atoms with Crippen LogP contribution in [0.3, 0.4) is 0 Å². The molecule has 1 aromatic heterocycles. The first kappa shape index (κ1) is 14.4. The third-order valence-electron chi connectivity index (χ3n) is 2.33. The van der Waals surface area contributed by atoms with Gasteiger partial charge in [-0.25, -0.2) is 0 Å². The maximum atomic E-state index is 11.6. The molecule has 100 valence electrons. The van der Waals surface area contributed by atoms with Gasteiger partial charge in [0.1, 0.15) is 5.69 Å². The number of carbonyl (C=O) groups excluding carboxylic acids is 1. The number of carbonyl (C=O) groups is 1. The molecule has 1 amide bonds. The van der Waals surface area contributed by atoms with Crippen LogP contribution in [0.5, 0.6) is 0 Å². The van der Waals surface area contributed by atoms with Crippen LogP contribution in [-0.2, 0) is 9.47 Å². The Kier molecular flexibility index (Phi) is 6.10. The molecule has 6 nitrogen and oxygen atoms in total. The highest BCUT2D eigenvalue weighted by molar-refractivity contribution is 5.93. The van der Waals surface area contributed by atoms with Crippen molar-refractivity contribution in [1.82, 2.24) is 10.3 Å². The second-order valence-corrected chi connectivity index (χ2v) is 3.57. The zero-order valence-electron chi connectivity index (χ0n) is 10.9. The number of amides is 1. The number of anilines is 1. The van der Waals surface area contributed by atoms with E-state index in [-0.39, 0.29) is 12.2 Å². The van der Waals surface area contributed by atoms with Crippen LogP contribution in [0, 0.1) is 0 Å². The summed E-state index contributed by atoms with van der Waals surface area (Å²) in [5, 5.41) is 5.81. The van der Waals surface area contributed by atoms with Crippen molar-refractivity contribution >= 4 is 11.6 Å². The highest BCUT2D eigenvalue weighted by Gasteiger charge is 2.08. The van der Waals surface area contributed by atoms with Crippen LogP contribution in [0.2, 0.25) is 0 Å². The summed E-state index contributed by atoms with van der Waals surface area (Å²) >= 11 is 0. The number of rotatable bonds is 7. The highest BCUT2D eigenvalue weighted by atomic mass is 16.7. The minimum atomic E-state index is -0.328. The predicted octanol–water partition coefficient (Wildman–Crippen LogP) is 0.862. The van der Waals surface area contributed by atoms with Crippen molar-refractivity contribution in [2.45, 2.75) is 13.2 Å². The van der Waals surface area contributed by atoms with Crippen molar-refractivity contribution in [3.63, 3.8) is 0 Å². The molecule has 0 atom stereocenters. The van der Waals surface area contributed by atoms with E-state index in [1.807, 2.05) is 6.92 Å². The average molecular weight is 253 g/mol. The van der Waals surface area contributed by atoms with Crippen molar-refractivity contribution < 1.29 is 14.3 Å². The van der Waals surface area contributed by atoms with Crippen LogP contribution in [0.4, 0.5) is 5.69 Å². The van der Waals surface area contributed by atoms with Gasteiger partial charge in [0, 0.05) is 32.6 Å². The number of ether oxygens (including phenoxy) is 2. The normalized spacial score (nSPS) is 10.4. The lowest BCUT2D eigenvalue weighted by Crippen LogP contribution is -2.25. The molecule has 6 heteroatoms. The van der Waals surface area contributed by atoms with E-state index in [4.69, 9.17) is 9.47 Å². The predicted molar refractivity (Wildman–Crippen MR) is 68.5 cm³/mol. The monoisotopic (exact) mass is 253 g/mol. The third kappa shape index (κ3) is 4.31. The lowest BCUT2D eigenvalue weighted by molar-refractivity contribution is -0.0914. The van der Waals surface area contributed by atoms with Gasteiger partial charge in [-0.3, -0.25) is 9.78 Å². The Bertz CT molecular complexity index is 381. The molecule has 0 aliphatic rings. The van der Waals surface area contributed by atoms with E-state index in [0.29, 0.717) is 18.8 Å². The summed E-state index contributed by atoms with van der Waals surface area (Å²) in [6.45, 7) is 2.93. The summed E-state index contributed by atoms with van der Waals surface area (Å²) in [6, 6.07) is 3.47. The van der Waals surface area contributed by atoms with Gasteiger partial charge in [-0.1, -0.05) is 0 Å². The van der Waals surface area contributed by atoms with E-state index >= 15 is 0 Å². The molecule has 0 saturated carbocycles. The zero-order chi connectivity index (χ0) is 13.4. The highest BCUT2D eigenvalue weighted by Crippen LogP contribution is 2.08. The summed E-state index contributed by atoms with van der Waals surface area (Å²) in [5.41, 5.74) is 1.18. The van der Waals surface area contributed by atoms with Crippen LogP contribution in [0.25, 0.3) is 0 Å².